The predicted octanol–water partition coefficient (Wildman–Crippen LogP) is 1.74. The van der Waals surface area contributed by atoms with Crippen LogP contribution in [0.4, 0.5) is 0 Å². The molecular formula is C19H18N4O3. The lowest BCUT2D eigenvalue weighted by Gasteiger charge is -2.25. The fourth-order valence-corrected chi connectivity index (χ4v) is 3.09. The van der Waals surface area contributed by atoms with Crippen LogP contribution < -0.4 is 5.56 Å². The van der Waals surface area contributed by atoms with E-state index in [-0.39, 0.29) is 17.0 Å². The molecule has 0 saturated heterocycles. The van der Waals surface area contributed by atoms with Gasteiger partial charge in [-0.1, -0.05) is 6.07 Å². The monoisotopic (exact) mass is 350 g/mol. The van der Waals surface area contributed by atoms with Crippen LogP contribution in [-0.4, -0.2) is 32.3 Å². The molecule has 1 aliphatic heterocycles. The number of amides is 1. The molecule has 0 bridgehead atoms. The Hall–Kier alpha value is -3.22. The average molecular weight is 350 g/mol. The van der Waals surface area contributed by atoms with Crippen molar-refractivity contribution in [2.45, 2.75) is 25.8 Å². The fourth-order valence-electron chi connectivity index (χ4n) is 3.09. The number of carbonyl (C=O) groups excluding carboxylic acids is 1. The van der Waals surface area contributed by atoms with E-state index in [1.807, 2.05) is 18.3 Å². The highest BCUT2D eigenvalue weighted by atomic mass is 16.4. The lowest BCUT2D eigenvalue weighted by Crippen LogP contribution is -2.38. The van der Waals surface area contributed by atoms with Gasteiger partial charge in [-0.15, -0.1) is 0 Å². The molecule has 0 aromatic carbocycles. The summed E-state index contributed by atoms with van der Waals surface area (Å²) in [7, 11) is 0. The molecule has 132 valence electrons. The van der Waals surface area contributed by atoms with Crippen molar-refractivity contribution in [2.24, 2.45) is 0 Å². The molecule has 26 heavy (non-hydrogen) atoms. The minimum absolute atomic E-state index is 0.149. The summed E-state index contributed by atoms with van der Waals surface area (Å²) in [5.41, 5.74) is 1.68. The van der Waals surface area contributed by atoms with Crippen molar-refractivity contribution in [3.05, 3.63) is 81.7 Å². The van der Waals surface area contributed by atoms with E-state index in [4.69, 9.17) is 4.42 Å². The van der Waals surface area contributed by atoms with Crippen LogP contribution in [0.5, 0.6) is 0 Å². The Kier molecular flexibility index (Phi) is 4.35. The standard InChI is InChI=1S/C19H18N4O3/c24-18-14(4-2-9-21-18)19(25)23-10-7-16-15(12-23)22-17(26-16)6-5-13-3-1-8-20-11-13/h1-4,8-9,11H,5-7,10,12H2,(H,21,24). The minimum Gasteiger partial charge on any atom is -0.445 e. The maximum atomic E-state index is 12.6. The van der Waals surface area contributed by atoms with Crippen LogP contribution in [-0.2, 0) is 25.8 Å². The molecule has 4 heterocycles. The molecule has 0 aliphatic carbocycles. The number of H-pyrrole nitrogens is 1. The smallest absolute Gasteiger partial charge is 0.260 e. The van der Waals surface area contributed by atoms with Gasteiger partial charge in [-0.25, -0.2) is 4.98 Å². The SMILES string of the molecule is O=C(c1ccc[nH]c1=O)N1CCc2oc(CCc3cccnc3)nc2C1. The molecule has 3 aromatic rings. The second-order valence-electron chi connectivity index (χ2n) is 6.23. The van der Waals surface area contributed by atoms with Crippen molar-refractivity contribution in [2.75, 3.05) is 6.54 Å². The third-order valence-corrected chi connectivity index (χ3v) is 4.46. The first kappa shape index (κ1) is 16.3. The van der Waals surface area contributed by atoms with Crippen molar-refractivity contribution >= 4 is 5.91 Å². The van der Waals surface area contributed by atoms with Crippen LogP contribution >= 0.6 is 0 Å². The van der Waals surface area contributed by atoms with Crippen LogP contribution in [0.1, 0.15) is 33.3 Å². The number of hydrogen-bond acceptors (Lipinski definition) is 5. The Morgan fingerprint density at radius 2 is 2.19 bits per heavy atom. The zero-order valence-corrected chi connectivity index (χ0v) is 14.1. The Labute approximate surface area is 149 Å². The van der Waals surface area contributed by atoms with E-state index in [0.717, 1.165) is 23.4 Å². The second kappa shape index (κ2) is 6.95. The minimum atomic E-state index is -0.374. The zero-order valence-electron chi connectivity index (χ0n) is 14.1. The topological polar surface area (TPSA) is 92.1 Å². The summed E-state index contributed by atoms with van der Waals surface area (Å²) in [5.74, 6) is 1.22. The quantitative estimate of drug-likeness (QED) is 0.774. The van der Waals surface area contributed by atoms with Crippen LogP contribution in [0.3, 0.4) is 0 Å². The first-order chi connectivity index (χ1) is 12.7. The van der Waals surface area contributed by atoms with Gasteiger partial charge in [0.15, 0.2) is 5.89 Å². The van der Waals surface area contributed by atoms with Crippen molar-refractivity contribution in [1.82, 2.24) is 19.9 Å². The summed E-state index contributed by atoms with van der Waals surface area (Å²) in [5, 5.41) is 0. The van der Waals surface area contributed by atoms with Gasteiger partial charge in [-0.3, -0.25) is 14.6 Å². The number of aromatic nitrogens is 3. The second-order valence-corrected chi connectivity index (χ2v) is 6.23. The molecule has 0 radical (unpaired) electrons. The number of hydrogen-bond donors (Lipinski definition) is 1. The van der Waals surface area contributed by atoms with Crippen LogP contribution in [0.2, 0.25) is 0 Å². The third kappa shape index (κ3) is 3.28. The number of oxazole rings is 1. The number of aromatic amines is 1. The Bertz CT molecular complexity index is 978. The van der Waals surface area contributed by atoms with Gasteiger partial charge in [0, 0.05) is 38.0 Å². The Morgan fingerprint density at radius 3 is 3.00 bits per heavy atom. The van der Waals surface area contributed by atoms with E-state index < -0.39 is 0 Å². The molecule has 0 saturated carbocycles. The summed E-state index contributed by atoms with van der Waals surface area (Å²) in [6.45, 7) is 0.871. The number of nitrogens with one attached hydrogen (secondary N) is 1. The molecule has 1 aliphatic rings. The van der Waals surface area contributed by atoms with Gasteiger partial charge in [0.05, 0.1) is 6.54 Å². The van der Waals surface area contributed by atoms with Gasteiger partial charge in [-0.05, 0) is 30.2 Å². The molecule has 1 amide bonds. The van der Waals surface area contributed by atoms with Crippen molar-refractivity contribution in [3.8, 4) is 0 Å². The number of pyridine rings is 2. The summed E-state index contributed by atoms with van der Waals surface area (Å²) in [6, 6.07) is 7.12. The molecule has 7 nitrogen and oxygen atoms in total. The third-order valence-electron chi connectivity index (χ3n) is 4.46. The maximum Gasteiger partial charge on any atom is 0.260 e. The summed E-state index contributed by atoms with van der Waals surface area (Å²) >= 11 is 0. The Morgan fingerprint density at radius 1 is 1.27 bits per heavy atom. The molecule has 0 unspecified atom stereocenters. The fraction of sp³-hybridized carbons (Fsp3) is 0.263. The van der Waals surface area contributed by atoms with Gasteiger partial charge in [-0.2, -0.15) is 0 Å². The normalized spacial score (nSPS) is 13.5. The predicted molar refractivity (Wildman–Crippen MR) is 93.7 cm³/mol. The van der Waals surface area contributed by atoms with E-state index >= 15 is 0 Å². The molecule has 4 rings (SSSR count). The lowest BCUT2D eigenvalue weighted by atomic mass is 10.1. The summed E-state index contributed by atoms with van der Waals surface area (Å²) < 4.78 is 5.85. The molecule has 0 spiro atoms. The van der Waals surface area contributed by atoms with Crippen molar-refractivity contribution < 1.29 is 9.21 Å². The molecule has 0 atom stereocenters. The molecule has 0 fully saturated rings. The van der Waals surface area contributed by atoms with Crippen molar-refractivity contribution in [3.63, 3.8) is 0 Å². The lowest BCUT2D eigenvalue weighted by molar-refractivity contribution is 0.0726. The van der Waals surface area contributed by atoms with Crippen molar-refractivity contribution in [1.29, 1.82) is 0 Å². The maximum absolute atomic E-state index is 12.6. The van der Waals surface area contributed by atoms with Crippen LogP contribution in [0.25, 0.3) is 0 Å². The van der Waals surface area contributed by atoms with E-state index in [1.165, 1.54) is 6.20 Å². The number of fused-ring (bicyclic) bond motifs is 1. The van der Waals surface area contributed by atoms with E-state index in [1.54, 1.807) is 23.2 Å². The number of rotatable bonds is 4. The zero-order chi connectivity index (χ0) is 17.9. The van der Waals surface area contributed by atoms with E-state index in [2.05, 4.69) is 15.0 Å². The van der Waals surface area contributed by atoms with Crippen LogP contribution in [0, 0.1) is 0 Å². The number of carbonyl (C=O) groups is 1. The van der Waals surface area contributed by atoms with Gasteiger partial charge in [0.1, 0.15) is 17.0 Å². The highest BCUT2D eigenvalue weighted by molar-refractivity contribution is 5.93. The van der Waals surface area contributed by atoms with Crippen LogP contribution in [0.15, 0.2) is 52.1 Å². The van der Waals surface area contributed by atoms with E-state index in [9.17, 15) is 9.59 Å². The summed E-state index contributed by atoms with van der Waals surface area (Å²) in [6.07, 6.45) is 7.18. The molecule has 7 heteroatoms. The average Bonchev–Trinajstić information content (AvgIpc) is 3.09. The first-order valence-corrected chi connectivity index (χ1v) is 8.54. The van der Waals surface area contributed by atoms with Gasteiger partial charge in [0.2, 0.25) is 0 Å². The van der Waals surface area contributed by atoms with E-state index in [0.29, 0.717) is 31.8 Å². The molecule has 1 N–H and O–H groups in total. The summed E-state index contributed by atoms with van der Waals surface area (Å²) in [4.78, 5) is 37.2. The first-order valence-electron chi connectivity index (χ1n) is 8.54. The highest BCUT2D eigenvalue weighted by Gasteiger charge is 2.27. The number of nitrogens with zero attached hydrogens (tertiary/aromatic N) is 3. The van der Waals surface area contributed by atoms with Gasteiger partial charge in [0.25, 0.3) is 11.5 Å². The van der Waals surface area contributed by atoms with Gasteiger partial charge >= 0.3 is 0 Å². The van der Waals surface area contributed by atoms with Gasteiger partial charge < -0.3 is 14.3 Å². The Balaban J connectivity index is 1.46. The highest BCUT2D eigenvalue weighted by Crippen LogP contribution is 2.21. The number of aryl methyl sites for hydroxylation is 2. The largest absolute Gasteiger partial charge is 0.445 e. The molecule has 3 aromatic heterocycles. The molecular weight excluding hydrogens is 332 g/mol.